The highest BCUT2D eigenvalue weighted by atomic mass is 16.5. The van der Waals surface area contributed by atoms with Crippen molar-refractivity contribution in [2.24, 2.45) is 0 Å². The van der Waals surface area contributed by atoms with Gasteiger partial charge in [0.2, 0.25) is 0 Å². The van der Waals surface area contributed by atoms with Gasteiger partial charge in [-0.05, 0) is 55.7 Å². The fraction of sp³-hybridized carbons (Fsp3) is 0.300. The summed E-state index contributed by atoms with van der Waals surface area (Å²) < 4.78 is 10.9. The first kappa shape index (κ1) is 19.3. The SMILES string of the molecule is CCc1ccc(O[C@H](C)C(=O)NNC(=O)COc2cccc(C)c2)cc1. The molecule has 2 aromatic rings. The molecule has 0 aliphatic carbocycles. The van der Waals surface area contributed by atoms with E-state index in [0.717, 1.165) is 12.0 Å². The summed E-state index contributed by atoms with van der Waals surface area (Å²) in [5.74, 6) is 0.283. The van der Waals surface area contributed by atoms with Gasteiger partial charge >= 0.3 is 0 Å². The summed E-state index contributed by atoms with van der Waals surface area (Å²) in [5, 5.41) is 0. The van der Waals surface area contributed by atoms with Crippen molar-refractivity contribution >= 4 is 11.8 Å². The lowest BCUT2D eigenvalue weighted by Gasteiger charge is -2.15. The molecule has 0 aliphatic heterocycles. The lowest BCUT2D eigenvalue weighted by atomic mass is 10.2. The summed E-state index contributed by atoms with van der Waals surface area (Å²) in [7, 11) is 0. The summed E-state index contributed by atoms with van der Waals surface area (Å²) in [6, 6.07) is 14.9. The molecule has 0 saturated carbocycles. The van der Waals surface area contributed by atoms with Crippen molar-refractivity contribution in [3.8, 4) is 11.5 Å². The standard InChI is InChI=1S/C20H24N2O4/c1-4-16-8-10-17(11-9-16)26-15(3)20(24)22-21-19(23)13-25-18-7-5-6-14(2)12-18/h5-12,15H,4,13H2,1-3H3,(H,21,23)(H,22,24)/t15-/m1/s1. The highest BCUT2D eigenvalue weighted by molar-refractivity contribution is 5.85. The second-order valence-corrected chi connectivity index (χ2v) is 5.90. The van der Waals surface area contributed by atoms with Gasteiger partial charge in [0.1, 0.15) is 11.5 Å². The van der Waals surface area contributed by atoms with Gasteiger partial charge < -0.3 is 9.47 Å². The number of nitrogens with one attached hydrogen (secondary N) is 2. The van der Waals surface area contributed by atoms with E-state index in [1.165, 1.54) is 5.56 Å². The number of hydrogen-bond acceptors (Lipinski definition) is 4. The summed E-state index contributed by atoms with van der Waals surface area (Å²) in [6.45, 7) is 5.41. The zero-order valence-corrected chi connectivity index (χ0v) is 15.2. The van der Waals surface area contributed by atoms with Crippen LogP contribution in [-0.4, -0.2) is 24.5 Å². The van der Waals surface area contributed by atoms with Crippen molar-refractivity contribution in [1.82, 2.24) is 10.9 Å². The molecule has 0 saturated heterocycles. The van der Waals surface area contributed by atoms with Crippen molar-refractivity contribution in [3.05, 3.63) is 59.7 Å². The monoisotopic (exact) mass is 356 g/mol. The first-order valence-corrected chi connectivity index (χ1v) is 8.51. The van der Waals surface area contributed by atoms with Gasteiger partial charge in [0.15, 0.2) is 12.7 Å². The maximum absolute atomic E-state index is 12.0. The van der Waals surface area contributed by atoms with Crippen molar-refractivity contribution in [3.63, 3.8) is 0 Å². The molecule has 0 spiro atoms. The first-order valence-electron chi connectivity index (χ1n) is 8.51. The lowest BCUT2D eigenvalue weighted by molar-refractivity contribution is -0.133. The molecule has 26 heavy (non-hydrogen) atoms. The van der Waals surface area contributed by atoms with E-state index in [1.54, 1.807) is 13.0 Å². The van der Waals surface area contributed by atoms with E-state index in [9.17, 15) is 9.59 Å². The molecule has 2 rings (SSSR count). The molecule has 2 aromatic carbocycles. The molecule has 138 valence electrons. The Morgan fingerprint density at radius 3 is 2.42 bits per heavy atom. The summed E-state index contributed by atoms with van der Waals surface area (Å²) in [6.07, 6.45) is 0.188. The van der Waals surface area contributed by atoms with Crippen LogP contribution >= 0.6 is 0 Å². The number of benzene rings is 2. The molecule has 0 aromatic heterocycles. The number of rotatable bonds is 7. The predicted molar refractivity (Wildman–Crippen MR) is 98.9 cm³/mol. The minimum atomic E-state index is -0.750. The van der Waals surface area contributed by atoms with E-state index >= 15 is 0 Å². The van der Waals surface area contributed by atoms with Crippen molar-refractivity contribution in [1.29, 1.82) is 0 Å². The Morgan fingerprint density at radius 2 is 1.77 bits per heavy atom. The summed E-state index contributed by atoms with van der Waals surface area (Å²) in [4.78, 5) is 23.8. The Hall–Kier alpha value is -3.02. The molecular formula is C20H24N2O4. The maximum Gasteiger partial charge on any atom is 0.279 e. The van der Waals surface area contributed by atoms with E-state index < -0.39 is 17.9 Å². The molecule has 6 nitrogen and oxygen atoms in total. The quantitative estimate of drug-likeness (QED) is 0.748. The average molecular weight is 356 g/mol. The number of hydrazine groups is 1. The fourth-order valence-corrected chi connectivity index (χ4v) is 2.18. The molecule has 6 heteroatoms. The third-order valence-electron chi connectivity index (χ3n) is 3.70. The Bertz CT molecular complexity index is 744. The third kappa shape index (κ3) is 6.12. The predicted octanol–water partition coefficient (Wildman–Crippen LogP) is 2.55. The van der Waals surface area contributed by atoms with Crippen LogP contribution in [0.3, 0.4) is 0 Å². The Balaban J connectivity index is 1.73. The van der Waals surface area contributed by atoms with Crippen LogP contribution < -0.4 is 20.3 Å². The number of amides is 2. The van der Waals surface area contributed by atoms with Crippen molar-refractivity contribution in [2.75, 3.05) is 6.61 Å². The Morgan fingerprint density at radius 1 is 1.04 bits per heavy atom. The van der Waals surface area contributed by atoms with Crippen LogP contribution in [0.15, 0.2) is 48.5 Å². The van der Waals surface area contributed by atoms with Gasteiger partial charge in [-0.1, -0.05) is 31.2 Å². The number of carbonyl (C=O) groups excluding carboxylic acids is 2. The van der Waals surface area contributed by atoms with E-state index in [4.69, 9.17) is 9.47 Å². The fourth-order valence-electron chi connectivity index (χ4n) is 2.18. The molecule has 2 amide bonds. The highest BCUT2D eigenvalue weighted by Crippen LogP contribution is 2.14. The first-order chi connectivity index (χ1) is 12.5. The Kier molecular flexibility index (Phi) is 7.02. The minimum absolute atomic E-state index is 0.197. The topological polar surface area (TPSA) is 76.7 Å². The molecule has 1 atom stereocenters. The van der Waals surface area contributed by atoms with Gasteiger partial charge in [0.05, 0.1) is 0 Å². The van der Waals surface area contributed by atoms with Crippen molar-refractivity contribution in [2.45, 2.75) is 33.3 Å². The molecule has 0 heterocycles. The van der Waals surface area contributed by atoms with Gasteiger partial charge in [-0.25, -0.2) is 0 Å². The van der Waals surface area contributed by atoms with Gasteiger partial charge in [-0.3, -0.25) is 20.4 Å². The number of hydrogen-bond donors (Lipinski definition) is 2. The molecular weight excluding hydrogens is 332 g/mol. The maximum atomic E-state index is 12.0. The van der Waals surface area contributed by atoms with Crippen LogP contribution in [0.2, 0.25) is 0 Å². The van der Waals surface area contributed by atoms with E-state index in [-0.39, 0.29) is 6.61 Å². The van der Waals surface area contributed by atoms with E-state index in [0.29, 0.717) is 11.5 Å². The molecule has 0 bridgehead atoms. The summed E-state index contributed by atoms with van der Waals surface area (Å²) >= 11 is 0. The largest absolute Gasteiger partial charge is 0.484 e. The zero-order chi connectivity index (χ0) is 18.9. The van der Waals surface area contributed by atoms with Gasteiger partial charge in [-0.2, -0.15) is 0 Å². The molecule has 0 radical (unpaired) electrons. The lowest BCUT2D eigenvalue weighted by Crippen LogP contribution is -2.48. The van der Waals surface area contributed by atoms with E-state index in [1.807, 2.05) is 49.4 Å². The molecule has 0 fully saturated rings. The number of aryl methyl sites for hydroxylation is 2. The minimum Gasteiger partial charge on any atom is -0.484 e. The highest BCUT2D eigenvalue weighted by Gasteiger charge is 2.15. The smallest absolute Gasteiger partial charge is 0.279 e. The van der Waals surface area contributed by atoms with Gasteiger partial charge in [-0.15, -0.1) is 0 Å². The Labute approximate surface area is 153 Å². The van der Waals surface area contributed by atoms with Crippen LogP contribution in [0.4, 0.5) is 0 Å². The summed E-state index contributed by atoms with van der Waals surface area (Å²) in [5.41, 5.74) is 6.86. The third-order valence-corrected chi connectivity index (χ3v) is 3.70. The molecule has 0 unspecified atom stereocenters. The zero-order valence-electron chi connectivity index (χ0n) is 15.2. The van der Waals surface area contributed by atoms with Crippen molar-refractivity contribution < 1.29 is 19.1 Å². The van der Waals surface area contributed by atoms with Gasteiger partial charge in [0.25, 0.3) is 11.8 Å². The molecule has 0 aliphatic rings. The second kappa shape index (κ2) is 9.46. The van der Waals surface area contributed by atoms with E-state index in [2.05, 4.69) is 17.8 Å². The van der Waals surface area contributed by atoms with Crippen LogP contribution in [0.5, 0.6) is 11.5 Å². The number of carbonyl (C=O) groups is 2. The van der Waals surface area contributed by atoms with Crippen LogP contribution in [0.1, 0.15) is 25.0 Å². The number of ether oxygens (including phenoxy) is 2. The van der Waals surface area contributed by atoms with Crippen LogP contribution in [-0.2, 0) is 16.0 Å². The van der Waals surface area contributed by atoms with Gasteiger partial charge in [0, 0.05) is 0 Å². The molecule has 2 N–H and O–H groups in total. The van der Waals surface area contributed by atoms with Crippen LogP contribution in [0, 0.1) is 6.92 Å². The normalized spacial score (nSPS) is 11.3. The average Bonchev–Trinajstić information content (AvgIpc) is 2.65. The second-order valence-electron chi connectivity index (χ2n) is 5.90. The van der Waals surface area contributed by atoms with Crippen LogP contribution in [0.25, 0.3) is 0 Å².